The van der Waals surface area contributed by atoms with Crippen molar-refractivity contribution < 1.29 is 14.7 Å². The van der Waals surface area contributed by atoms with Gasteiger partial charge in [0.15, 0.2) is 0 Å². The zero-order valence-corrected chi connectivity index (χ0v) is 13.7. The normalized spacial score (nSPS) is 21.8. The molecule has 7 heteroatoms. The van der Waals surface area contributed by atoms with E-state index in [9.17, 15) is 14.7 Å². The number of aromatic nitrogens is 1. The topological polar surface area (TPSA) is 62.5 Å². The van der Waals surface area contributed by atoms with Crippen molar-refractivity contribution in [3.8, 4) is 0 Å². The van der Waals surface area contributed by atoms with Gasteiger partial charge in [0.25, 0.3) is 5.91 Å². The van der Waals surface area contributed by atoms with Crippen molar-refractivity contribution in [3.63, 3.8) is 0 Å². The molecule has 0 aliphatic carbocycles. The van der Waals surface area contributed by atoms with Crippen LogP contribution < -0.4 is 0 Å². The fourth-order valence-corrected chi connectivity index (χ4v) is 4.28. The molecule has 21 heavy (non-hydrogen) atoms. The molecular formula is C14H19ClN2O3S. The molecule has 1 N–H and O–H groups in total. The van der Waals surface area contributed by atoms with Crippen LogP contribution in [-0.4, -0.2) is 43.6 Å². The summed E-state index contributed by atoms with van der Waals surface area (Å²) in [6.07, 6.45) is 3.40. The highest BCUT2D eigenvalue weighted by molar-refractivity contribution is 8.00. The molecule has 1 aliphatic heterocycles. The number of hydrogen-bond acceptors (Lipinski definition) is 3. The summed E-state index contributed by atoms with van der Waals surface area (Å²) >= 11 is 7.52. The van der Waals surface area contributed by atoms with Crippen molar-refractivity contribution >= 4 is 35.2 Å². The number of nitrogens with zero attached hydrogens (tertiary/aromatic N) is 2. The molecule has 2 atom stereocenters. The molecule has 116 valence electrons. The Morgan fingerprint density at radius 1 is 1.48 bits per heavy atom. The number of aliphatic carboxylic acids is 1. The number of thioether (sulfide) groups is 1. The van der Waals surface area contributed by atoms with E-state index in [1.54, 1.807) is 16.8 Å². The number of hydrogen-bond donors (Lipinski definition) is 1. The molecule has 1 aliphatic rings. The summed E-state index contributed by atoms with van der Waals surface area (Å²) in [7, 11) is 0. The molecule has 1 fully saturated rings. The van der Waals surface area contributed by atoms with E-state index in [4.69, 9.17) is 11.6 Å². The van der Waals surface area contributed by atoms with Crippen molar-refractivity contribution in [1.82, 2.24) is 9.47 Å². The number of carbonyl (C=O) groups excluding carboxylic acids is 1. The number of aryl methyl sites for hydroxylation is 1. The molecule has 2 rings (SSSR count). The average Bonchev–Trinajstić information content (AvgIpc) is 3.02. The standard InChI is InChI=1S/C14H19ClN2O3S/c1-3-5-12-17(11(8-21-12)14(19)20)13(18)10-6-9(15)7-16(10)4-2/h6-7,11-12H,3-5,8H2,1-2H3,(H,19,20). The molecule has 0 saturated carbocycles. The lowest BCUT2D eigenvalue weighted by Gasteiger charge is -2.27. The lowest BCUT2D eigenvalue weighted by molar-refractivity contribution is -0.141. The number of carbonyl (C=O) groups is 2. The Morgan fingerprint density at radius 3 is 2.76 bits per heavy atom. The molecule has 0 radical (unpaired) electrons. The molecular weight excluding hydrogens is 312 g/mol. The first-order valence-electron chi connectivity index (χ1n) is 7.02. The van der Waals surface area contributed by atoms with Crippen LogP contribution in [0.1, 0.15) is 37.2 Å². The molecule has 1 aromatic heterocycles. The van der Waals surface area contributed by atoms with E-state index < -0.39 is 12.0 Å². The Morgan fingerprint density at radius 2 is 2.19 bits per heavy atom. The predicted molar refractivity (Wildman–Crippen MR) is 83.9 cm³/mol. The van der Waals surface area contributed by atoms with Gasteiger partial charge in [-0.05, 0) is 19.4 Å². The fraction of sp³-hybridized carbons (Fsp3) is 0.571. The summed E-state index contributed by atoms with van der Waals surface area (Å²) < 4.78 is 1.76. The summed E-state index contributed by atoms with van der Waals surface area (Å²) in [5.74, 6) is -0.762. The SMILES string of the molecule is CCCC1SCC(C(=O)O)N1C(=O)c1cc(Cl)cn1CC. The molecule has 1 aromatic rings. The Bertz CT molecular complexity index is 546. The summed E-state index contributed by atoms with van der Waals surface area (Å²) in [6, 6.07) is 0.844. The van der Waals surface area contributed by atoms with E-state index in [1.165, 1.54) is 16.7 Å². The zero-order valence-electron chi connectivity index (χ0n) is 12.1. The van der Waals surface area contributed by atoms with Crippen LogP contribution in [0.5, 0.6) is 0 Å². The first-order valence-corrected chi connectivity index (χ1v) is 8.45. The minimum absolute atomic E-state index is 0.0809. The largest absolute Gasteiger partial charge is 0.480 e. The van der Waals surface area contributed by atoms with Crippen LogP contribution in [0.3, 0.4) is 0 Å². The van der Waals surface area contributed by atoms with E-state index in [-0.39, 0.29) is 11.3 Å². The summed E-state index contributed by atoms with van der Waals surface area (Å²) in [4.78, 5) is 25.7. The van der Waals surface area contributed by atoms with E-state index in [1.807, 2.05) is 13.8 Å². The van der Waals surface area contributed by atoms with E-state index in [0.29, 0.717) is 23.0 Å². The maximum absolute atomic E-state index is 12.8. The quantitative estimate of drug-likeness (QED) is 0.901. The number of amides is 1. The number of carboxylic acid groups (broad SMARTS) is 1. The third-order valence-corrected chi connectivity index (χ3v) is 5.13. The molecule has 2 unspecified atom stereocenters. The lowest BCUT2D eigenvalue weighted by atomic mass is 10.2. The number of rotatable bonds is 5. The Balaban J connectivity index is 2.34. The van der Waals surface area contributed by atoms with Crippen LogP contribution in [-0.2, 0) is 11.3 Å². The predicted octanol–water partition coefficient (Wildman–Crippen LogP) is 2.93. The maximum Gasteiger partial charge on any atom is 0.327 e. The second-order valence-corrected chi connectivity index (χ2v) is 6.62. The molecule has 1 amide bonds. The third kappa shape index (κ3) is 3.21. The minimum atomic E-state index is -0.949. The Hall–Kier alpha value is -1.14. The van der Waals surface area contributed by atoms with E-state index in [2.05, 4.69) is 0 Å². The van der Waals surface area contributed by atoms with Crippen LogP contribution in [0.25, 0.3) is 0 Å². The first kappa shape index (κ1) is 16.2. The zero-order chi connectivity index (χ0) is 15.6. The van der Waals surface area contributed by atoms with Crippen molar-refractivity contribution in [2.45, 2.75) is 44.6 Å². The van der Waals surface area contributed by atoms with Crippen LogP contribution in [0, 0.1) is 0 Å². The molecule has 2 heterocycles. The van der Waals surface area contributed by atoms with Crippen LogP contribution in [0.15, 0.2) is 12.3 Å². The monoisotopic (exact) mass is 330 g/mol. The van der Waals surface area contributed by atoms with Gasteiger partial charge in [-0.3, -0.25) is 4.79 Å². The van der Waals surface area contributed by atoms with Crippen LogP contribution in [0.4, 0.5) is 0 Å². The average molecular weight is 331 g/mol. The summed E-state index contributed by atoms with van der Waals surface area (Å²) in [5.41, 5.74) is 0.456. The van der Waals surface area contributed by atoms with Gasteiger partial charge in [0.05, 0.1) is 10.4 Å². The second-order valence-electron chi connectivity index (χ2n) is 4.97. The first-order chi connectivity index (χ1) is 9.99. The second kappa shape index (κ2) is 6.75. The lowest BCUT2D eigenvalue weighted by Crippen LogP contribution is -2.46. The van der Waals surface area contributed by atoms with E-state index in [0.717, 1.165) is 12.8 Å². The molecule has 0 aromatic carbocycles. The third-order valence-electron chi connectivity index (χ3n) is 3.57. The smallest absolute Gasteiger partial charge is 0.327 e. The number of halogens is 1. The van der Waals surface area contributed by atoms with E-state index >= 15 is 0 Å². The van der Waals surface area contributed by atoms with Crippen molar-refractivity contribution in [2.75, 3.05) is 5.75 Å². The van der Waals surface area contributed by atoms with Crippen LogP contribution >= 0.6 is 23.4 Å². The molecule has 0 bridgehead atoms. The molecule has 0 spiro atoms. The van der Waals surface area contributed by atoms with Crippen LogP contribution in [0.2, 0.25) is 5.02 Å². The van der Waals surface area contributed by atoms with Crippen molar-refractivity contribution in [1.29, 1.82) is 0 Å². The van der Waals surface area contributed by atoms with Gasteiger partial charge in [0.1, 0.15) is 11.7 Å². The molecule has 5 nitrogen and oxygen atoms in total. The van der Waals surface area contributed by atoms with Gasteiger partial charge in [-0.25, -0.2) is 4.79 Å². The highest BCUT2D eigenvalue weighted by atomic mass is 35.5. The fourth-order valence-electron chi connectivity index (χ4n) is 2.54. The van der Waals surface area contributed by atoms with Gasteiger partial charge >= 0.3 is 5.97 Å². The Labute approximate surface area is 133 Å². The van der Waals surface area contributed by atoms with Gasteiger partial charge in [-0.1, -0.05) is 24.9 Å². The van der Waals surface area contributed by atoms with Gasteiger partial charge in [0, 0.05) is 18.5 Å². The number of carboxylic acids is 1. The van der Waals surface area contributed by atoms with Gasteiger partial charge < -0.3 is 14.6 Å². The summed E-state index contributed by atoms with van der Waals surface area (Å²) in [6.45, 7) is 4.57. The van der Waals surface area contributed by atoms with Crippen molar-refractivity contribution in [3.05, 3.63) is 23.0 Å². The summed E-state index contributed by atoms with van der Waals surface area (Å²) in [5, 5.41) is 9.77. The maximum atomic E-state index is 12.8. The van der Waals surface area contributed by atoms with Gasteiger partial charge in [-0.2, -0.15) is 0 Å². The highest BCUT2D eigenvalue weighted by Crippen LogP contribution is 2.34. The van der Waals surface area contributed by atoms with Gasteiger partial charge in [0.2, 0.25) is 0 Å². The minimum Gasteiger partial charge on any atom is -0.480 e. The van der Waals surface area contributed by atoms with Gasteiger partial charge in [-0.15, -0.1) is 11.8 Å². The molecule has 1 saturated heterocycles. The Kier molecular flexibility index (Phi) is 5.22. The highest BCUT2D eigenvalue weighted by Gasteiger charge is 2.42. The van der Waals surface area contributed by atoms with Crippen molar-refractivity contribution in [2.24, 2.45) is 0 Å².